The summed E-state index contributed by atoms with van der Waals surface area (Å²) < 4.78 is 11.3. The molecule has 2 aliphatic heterocycles. The molecular formula is C16H22N2O3S. The molecule has 1 aromatic carbocycles. The summed E-state index contributed by atoms with van der Waals surface area (Å²) in [7, 11) is 0. The van der Waals surface area contributed by atoms with Crippen molar-refractivity contribution in [2.24, 2.45) is 0 Å². The Hall–Kier alpha value is -1.40. The highest BCUT2D eigenvalue weighted by Crippen LogP contribution is 2.30. The molecule has 1 atom stereocenters. The van der Waals surface area contributed by atoms with Crippen LogP contribution < -0.4 is 20.1 Å². The lowest BCUT2D eigenvalue weighted by atomic mass is 10.2. The molecule has 5 nitrogen and oxygen atoms in total. The minimum atomic E-state index is 0.0899. The zero-order chi connectivity index (χ0) is 15.2. The number of amides is 1. The summed E-state index contributed by atoms with van der Waals surface area (Å²) in [6, 6.07) is 6.14. The molecule has 2 N–H and O–H groups in total. The number of rotatable bonds is 4. The minimum Gasteiger partial charge on any atom is -0.490 e. The number of fused-ring (bicyclic) bond motifs is 1. The summed E-state index contributed by atoms with van der Waals surface area (Å²) in [4.78, 5) is 12.0. The van der Waals surface area contributed by atoms with Gasteiger partial charge in [0.15, 0.2) is 11.5 Å². The third kappa shape index (κ3) is 4.30. The number of benzene rings is 1. The fourth-order valence-corrected chi connectivity index (χ4v) is 3.51. The van der Waals surface area contributed by atoms with Crippen molar-refractivity contribution < 1.29 is 14.3 Å². The molecule has 0 spiro atoms. The predicted octanol–water partition coefficient (Wildman–Crippen LogP) is 1.56. The van der Waals surface area contributed by atoms with Crippen molar-refractivity contribution in [2.75, 3.05) is 31.3 Å². The molecule has 3 rings (SSSR count). The smallest absolute Gasteiger partial charge is 0.221 e. The Bertz CT molecular complexity index is 518. The predicted molar refractivity (Wildman–Crippen MR) is 87.6 cm³/mol. The van der Waals surface area contributed by atoms with E-state index in [-0.39, 0.29) is 5.91 Å². The van der Waals surface area contributed by atoms with E-state index in [1.165, 1.54) is 0 Å². The molecule has 0 radical (unpaired) electrons. The van der Waals surface area contributed by atoms with Crippen molar-refractivity contribution >= 4 is 17.7 Å². The number of nitrogens with one attached hydrogen (secondary N) is 2. The summed E-state index contributed by atoms with van der Waals surface area (Å²) in [5.41, 5.74) is 1.03. The SMILES string of the molecule is O=C(CC1CSCCN1)NCc1ccc2c(c1)OCCCO2. The van der Waals surface area contributed by atoms with Crippen LogP contribution in [0.5, 0.6) is 11.5 Å². The van der Waals surface area contributed by atoms with Gasteiger partial charge >= 0.3 is 0 Å². The molecule has 0 aliphatic carbocycles. The van der Waals surface area contributed by atoms with E-state index in [0.717, 1.165) is 41.5 Å². The molecule has 1 saturated heterocycles. The summed E-state index contributed by atoms with van der Waals surface area (Å²) in [6.07, 6.45) is 1.44. The first-order valence-electron chi connectivity index (χ1n) is 7.77. The normalized spacial score (nSPS) is 21.0. The third-order valence-corrected chi connectivity index (χ3v) is 4.86. The Morgan fingerprint density at radius 3 is 3.00 bits per heavy atom. The van der Waals surface area contributed by atoms with E-state index in [2.05, 4.69) is 10.6 Å². The van der Waals surface area contributed by atoms with Gasteiger partial charge in [-0.25, -0.2) is 0 Å². The average Bonchev–Trinajstić information content (AvgIpc) is 2.78. The molecule has 0 saturated carbocycles. The van der Waals surface area contributed by atoms with Gasteiger partial charge < -0.3 is 20.1 Å². The van der Waals surface area contributed by atoms with Gasteiger partial charge in [-0.3, -0.25) is 4.79 Å². The molecule has 22 heavy (non-hydrogen) atoms. The summed E-state index contributed by atoms with van der Waals surface area (Å²) >= 11 is 1.90. The molecule has 1 aromatic rings. The Kier molecular flexibility index (Phi) is 5.45. The first-order chi connectivity index (χ1) is 10.8. The van der Waals surface area contributed by atoms with Crippen molar-refractivity contribution in [2.45, 2.75) is 25.4 Å². The maximum atomic E-state index is 12.0. The van der Waals surface area contributed by atoms with E-state index in [4.69, 9.17) is 9.47 Å². The van der Waals surface area contributed by atoms with Gasteiger partial charge in [-0.2, -0.15) is 11.8 Å². The van der Waals surface area contributed by atoms with Crippen molar-refractivity contribution in [1.29, 1.82) is 0 Å². The van der Waals surface area contributed by atoms with Crippen LogP contribution in [0.2, 0.25) is 0 Å². The van der Waals surface area contributed by atoms with Crippen molar-refractivity contribution in [1.82, 2.24) is 10.6 Å². The third-order valence-electron chi connectivity index (χ3n) is 3.73. The summed E-state index contributed by atoms with van der Waals surface area (Å²) in [6.45, 7) is 2.88. The van der Waals surface area contributed by atoms with Crippen molar-refractivity contribution in [3.8, 4) is 11.5 Å². The van der Waals surface area contributed by atoms with Gasteiger partial charge in [0.05, 0.1) is 13.2 Å². The Morgan fingerprint density at radius 2 is 2.18 bits per heavy atom. The summed E-state index contributed by atoms with van der Waals surface area (Å²) in [5.74, 6) is 3.80. The number of ether oxygens (including phenoxy) is 2. The van der Waals surface area contributed by atoms with E-state index < -0.39 is 0 Å². The molecule has 0 aromatic heterocycles. The lowest BCUT2D eigenvalue weighted by Crippen LogP contribution is -2.41. The van der Waals surface area contributed by atoms with Crippen LogP contribution in [0, 0.1) is 0 Å². The van der Waals surface area contributed by atoms with E-state index in [1.807, 2.05) is 30.0 Å². The van der Waals surface area contributed by atoms with Gasteiger partial charge in [-0.1, -0.05) is 6.07 Å². The average molecular weight is 322 g/mol. The molecule has 2 aliphatic rings. The molecule has 6 heteroatoms. The van der Waals surface area contributed by atoms with Crippen LogP contribution in [0.1, 0.15) is 18.4 Å². The first-order valence-corrected chi connectivity index (χ1v) is 8.93. The van der Waals surface area contributed by atoms with Crippen LogP contribution in [0.15, 0.2) is 18.2 Å². The maximum absolute atomic E-state index is 12.0. The fourth-order valence-electron chi connectivity index (χ4n) is 2.57. The van der Waals surface area contributed by atoms with Gasteiger partial charge in [0.2, 0.25) is 5.91 Å². The van der Waals surface area contributed by atoms with Crippen molar-refractivity contribution in [3.63, 3.8) is 0 Å². The molecule has 2 heterocycles. The Labute approximate surface area is 135 Å². The van der Waals surface area contributed by atoms with Gasteiger partial charge in [0.1, 0.15) is 0 Å². The topological polar surface area (TPSA) is 59.6 Å². The zero-order valence-corrected chi connectivity index (χ0v) is 13.4. The van der Waals surface area contributed by atoms with Crippen LogP contribution in [-0.2, 0) is 11.3 Å². The van der Waals surface area contributed by atoms with Crippen LogP contribution in [0.25, 0.3) is 0 Å². The number of thioether (sulfide) groups is 1. The highest BCUT2D eigenvalue weighted by Gasteiger charge is 2.16. The van der Waals surface area contributed by atoms with E-state index in [1.54, 1.807) is 0 Å². The Balaban J connectivity index is 1.50. The van der Waals surface area contributed by atoms with E-state index >= 15 is 0 Å². The number of carbonyl (C=O) groups excluding carboxylic acids is 1. The monoisotopic (exact) mass is 322 g/mol. The molecule has 1 amide bonds. The number of carbonyl (C=O) groups is 1. The lowest BCUT2D eigenvalue weighted by molar-refractivity contribution is -0.121. The van der Waals surface area contributed by atoms with Crippen LogP contribution in [-0.4, -0.2) is 43.2 Å². The van der Waals surface area contributed by atoms with Crippen LogP contribution >= 0.6 is 11.8 Å². The molecular weight excluding hydrogens is 300 g/mol. The van der Waals surface area contributed by atoms with Gasteiger partial charge in [-0.05, 0) is 17.7 Å². The highest BCUT2D eigenvalue weighted by molar-refractivity contribution is 7.99. The quantitative estimate of drug-likeness (QED) is 0.881. The van der Waals surface area contributed by atoms with Gasteiger partial charge in [0.25, 0.3) is 0 Å². The van der Waals surface area contributed by atoms with Crippen LogP contribution in [0.3, 0.4) is 0 Å². The van der Waals surface area contributed by atoms with Crippen molar-refractivity contribution in [3.05, 3.63) is 23.8 Å². The summed E-state index contributed by atoms with van der Waals surface area (Å²) in [5, 5.41) is 6.36. The second kappa shape index (κ2) is 7.74. The molecule has 1 fully saturated rings. The van der Waals surface area contributed by atoms with E-state index in [0.29, 0.717) is 32.2 Å². The highest BCUT2D eigenvalue weighted by atomic mass is 32.2. The van der Waals surface area contributed by atoms with E-state index in [9.17, 15) is 4.79 Å². The minimum absolute atomic E-state index is 0.0899. The Morgan fingerprint density at radius 1 is 1.32 bits per heavy atom. The fraction of sp³-hybridized carbons (Fsp3) is 0.562. The second-order valence-corrected chi connectivity index (χ2v) is 6.69. The van der Waals surface area contributed by atoms with Gasteiger partial charge in [0, 0.05) is 43.5 Å². The maximum Gasteiger partial charge on any atom is 0.221 e. The second-order valence-electron chi connectivity index (χ2n) is 5.54. The largest absolute Gasteiger partial charge is 0.490 e. The van der Waals surface area contributed by atoms with Crippen LogP contribution in [0.4, 0.5) is 0 Å². The molecule has 1 unspecified atom stereocenters. The lowest BCUT2D eigenvalue weighted by Gasteiger charge is -2.22. The number of hydrogen-bond donors (Lipinski definition) is 2. The first kappa shape index (κ1) is 15.5. The standard InChI is InChI=1S/C16H22N2O3S/c19-16(9-13-11-22-7-4-17-13)18-10-12-2-3-14-15(8-12)21-6-1-5-20-14/h2-3,8,13,17H,1,4-7,9-11H2,(H,18,19). The molecule has 0 bridgehead atoms. The zero-order valence-electron chi connectivity index (χ0n) is 12.6. The number of hydrogen-bond acceptors (Lipinski definition) is 5. The molecule has 120 valence electrons. The van der Waals surface area contributed by atoms with Gasteiger partial charge in [-0.15, -0.1) is 0 Å².